The fraction of sp³-hybridized carbons (Fsp3) is 0.0769. The molecule has 0 spiro atoms. The Hall–Kier alpha value is -2.56. The maximum atomic E-state index is 11.7. The molecule has 0 fully saturated rings. The van der Waals surface area contributed by atoms with Crippen molar-refractivity contribution in [2.75, 3.05) is 0 Å². The lowest BCUT2D eigenvalue weighted by Crippen LogP contribution is -2.09. The highest BCUT2D eigenvalue weighted by molar-refractivity contribution is 5.56. The molecule has 0 unspecified atom stereocenters. The topological polar surface area (TPSA) is 59.4 Å². The summed E-state index contributed by atoms with van der Waals surface area (Å²) in [5.41, 5.74) is 1.26. The van der Waals surface area contributed by atoms with Crippen LogP contribution in [0.1, 0.15) is 5.56 Å². The molecule has 0 saturated heterocycles. The van der Waals surface area contributed by atoms with E-state index in [9.17, 15) is 4.79 Å². The predicted molar refractivity (Wildman–Crippen MR) is 66.6 cm³/mol. The average Bonchev–Trinajstić information content (AvgIpc) is 2.82. The first kappa shape index (κ1) is 10.6. The van der Waals surface area contributed by atoms with E-state index in [1.165, 1.54) is 4.52 Å². The zero-order chi connectivity index (χ0) is 12.4. The van der Waals surface area contributed by atoms with E-state index in [2.05, 4.69) is 10.1 Å². The molecule has 5 heteroatoms. The van der Waals surface area contributed by atoms with Crippen LogP contribution in [-0.2, 0) is 6.61 Å². The number of hydrogen-bond acceptors (Lipinski definition) is 3. The number of nitrogens with one attached hydrogen (secondary N) is 1. The van der Waals surface area contributed by atoms with Crippen molar-refractivity contribution in [2.24, 2.45) is 0 Å². The fourth-order valence-electron chi connectivity index (χ4n) is 1.77. The lowest BCUT2D eigenvalue weighted by atomic mass is 10.2. The number of fused-ring (bicyclic) bond motifs is 1. The summed E-state index contributed by atoms with van der Waals surface area (Å²) in [6.07, 6.45) is 4.77. The molecular formula is C13H11N3O2. The molecule has 0 radical (unpaired) electrons. The Labute approximate surface area is 103 Å². The van der Waals surface area contributed by atoms with Crippen LogP contribution in [0.2, 0.25) is 0 Å². The van der Waals surface area contributed by atoms with Crippen LogP contribution >= 0.6 is 0 Å². The molecular weight excluding hydrogens is 230 g/mol. The summed E-state index contributed by atoms with van der Waals surface area (Å²) < 4.78 is 7.12. The number of hydrogen-bond donors (Lipinski definition) is 1. The van der Waals surface area contributed by atoms with Crippen LogP contribution in [-0.4, -0.2) is 14.6 Å². The molecule has 1 N–H and O–H groups in total. The first-order chi connectivity index (χ1) is 8.84. The van der Waals surface area contributed by atoms with Crippen molar-refractivity contribution >= 4 is 5.52 Å². The summed E-state index contributed by atoms with van der Waals surface area (Å²) in [6, 6.07) is 9.78. The van der Waals surface area contributed by atoms with Gasteiger partial charge in [0, 0.05) is 12.4 Å². The van der Waals surface area contributed by atoms with Crippen LogP contribution in [0.15, 0.2) is 53.7 Å². The highest BCUT2D eigenvalue weighted by atomic mass is 16.5. The first-order valence-electron chi connectivity index (χ1n) is 5.56. The van der Waals surface area contributed by atoms with Gasteiger partial charge in [0.1, 0.15) is 6.61 Å². The van der Waals surface area contributed by atoms with E-state index in [1.54, 1.807) is 18.6 Å². The number of H-pyrrole nitrogens is 1. The maximum absolute atomic E-state index is 11.7. The lowest BCUT2D eigenvalue weighted by molar-refractivity contribution is 0.309. The minimum Gasteiger partial charge on any atom is -0.485 e. The number of benzene rings is 1. The van der Waals surface area contributed by atoms with Gasteiger partial charge in [-0.25, -0.2) is 4.52 Å². The molecule has 0 amide bonds. The van der Waals surface area contributed by atoms with Crippen molar-refractivity contribution in [3.63, 3.8) is 0 Å². The Morgan fingerprint density at radius 1 is 1.28 bits per heavy atom. The van der Waals surface area contributed by atoms with Gasteiger partial charge in [-0.3, -0.25) is 4.79 Å². The predicted octanol–water partition coefficient (Wildman–Crippen LogP) is 1.60. The Morgan fingerprint density at radius 3 is 2.94 bits per heavy atom. The number of aromatic nitrogens is 3. The molecule has 0 aliphatic rings. The zero-order valence-corrected chi connectivity index (χ0v) is 9.54. The summed E-state index contributed by atoms with van der Waals surface area (Å²) in [5, 5.41) is 4.06. The summed E-state index contributed by atoms with van der Waals surface area (Å²) in [4.78, 5) is 14.3. The second-order valence-corrected chi connectivity index (χ2v) is 3.87. The molecule has 90 valence electrons. The molecule has 3 rings (SSSR count). The number of aromatic amines is 1. The second-order valence-electron chi connectivity index (χ2n) is 3.87. The van der Waals surface area contributed by atoms with E-state index in [1.807, 2.05) is 30.3 Å². The third kappa shape index (κ3) is 1.86. The molecule has 0 saturated carbocycles. The van der Waals surface area contributed by atoms with Gasteiger partial charge in [-0.15, -0.1) is 0 Å². The van der Waals surface area contributed by atoms with E-state index in [0.29, 0.717) is 17.9 Å². The summed E-state index contributed by atoms with van der Waals surface area (Å²) in [6.45, 7) is 0.413. The van der Waals surface area contributed by atoms with E-state index in [-0.39, 0.29) is 5.56 Å². The normalized spacial score (nSPS) is 10.7. The Balaban J connectivity index is 1.90. The molecule has 0 atom stereocenters. The van der Waals surface area contributed by atoms with Crippen molar-refractivity contribution in [3.05, 3.63) is 64.8 Å². The van der Waals surface area contributed by atoms with Gasteiger partial charge in [0.25, 0.3) is 5.56 Å². The molecule has 2 heterocycles. The molecule has 1 aromatic carbocycles. The minimum atomic E-state index is -0.210. The van der Waals surface area contributed by atoms with Crippen molar-refractivity contribution in [1.82, 2.24) is 14.6 Å². The standard InChI is InChI=1S/C13H11N3O2/c17-13-12-11(8-15-16(12)7-6-14-13)18-9-10-4-2-1-3-5-10/h1-8H,9H2,(H,14,17). The van der Waals surface area contributed by atoms with Crippen molar-refractivity contribution in [2.45, 2.75) is 6.61 Å². The molecule has 0 aliphatic carbocycles. The van der Waals surface area contributed by atoms with Gasteiger partial charge in [-0.2, -0.15) is 5.10 Å². The smallest absolute Gasteiger partial charge is 0.277 e. The quantitative estimate of drug-likeness (QED) is 0.757. The Kier molecular flexibility index (Phi) is 2.57. The van der Waals surface area contributed by atoms with Crippen molar-refractivity contribution < 1.29 is 4.74 Å². The van der Waals surface area contributed by atoms with Gasteiger partial charge in [-0.1, -0.05) is 30.3 Å². The average molecular weight is 241 g/mol. The van der Waals surface area contributed by atoms with Crippen LogP contribution in [0.3, 0.4) is 0 Å². The third-order valence-electron chi connectivity index (χ3n) is 2.64. The summed E-state index contributed by atoms with van der Waals surface area (Å²) in [5.74, 6) is 0.487. The molecule has 0 aliphatic heterocycles. The van der Waals surface area contributed by atoms with Crippen LogP contribution in [0.5, 0.6) is 5.75 Å². The van der Waals surface area contributed by atoms with Gasteiger partial charge >= 0.3 is 0 Å². The van der Waals surface area contributed by atoms with Crippen molar-refractivity contribution in [3.8, 4) is 5.75 Å². The first-order valence-corrected chi connectivity index (χ1v) is 5.56. The summed E-state index contributed by atoms with van der Waals surface area (Å²) in [7, 11) is 0. The lowest BCUT2D eigenvalue weighted by Gasteiger charge is -2.03. The largest absolute Gasteiger partial charge is 0.485 e. The van der Waals surface area contributed by atoms with Gasteiger partial charge in [-0.05, 0) is 5.56 Å². The fourth-order valence-corrected chi connectivity index (χ4v) is 1.77. The van der Waals surface area contributed by atoms with Crippen LogP contribution in [0.25, 0.3) is 5.52 Å². The van der Waals surface area contributed by atoms with Crippen LogP contribution in [0, 0.1) is 0 Å². The highest BCUT2D eigenvalue weighted by Gasteiger charge is 2.08. The number of rotatable bonds is 3. The van der Waals surface area contributed by atoms with E-state index in [0.717, 1.165) is 5.56 Å². The van der Waals surface area contributed by atoms with Gasteiger partial charge in [0.05, 0.1) is 6.20 Å². The molecule has 3 aromatic rings. The van der Waals surface area contributed by atoms with Gasteiger partial charge < -0.3 is 9.72 Å². The van der Waals surface area contributed by atoms with Crippen LogP contribution < -0.4 is 10.3 Å². The summed E-state index contributed by atoms with van der Waals surface area (Å²) >= 11 is 0. The number of nitrogens with zero attached hydrogens (tertiary/aromatic N) is 2. The highest BCUT2D eigenvalue weighted by Crippen LogP contribution is 2.16. The van der Waals surface area contributed by atoms with E-state index < -0.39 is 0 Å². The van der Waals surface area contributed by atoms with Gasteiger partial charge in [0.2, 0.25) is 0 Å². The SMILES string of the molecule is O=c1[nH]ccn2ncc(OCc3ccccc3)c12. The van der Waals surface area contributed by atoms with E-state index in [4.69, 9.17) is 4.74 Å². The third-order valence-corrected chi connectivity index (χ3v) is 2.64. The Bertz CT molecular complexity index is 716. The maximum Gasteiger partial charge on any atom is 0.277 e. The zero-order valence-electron chi connectivity index (χ0n) is 9.54. The number of ether oxygens (including phenoxy) is 1. The monoisotopic (exact) mass is 241 g/mol. The van der Waals surface area contributed by atoms with Gasteiger partial charge in [0.15, 0.2) is 11.3 Å². The van der Waals surface area contributed by atoms with Crippen molar-refractivity contribution in [1.29, 1.82) is 0 Å². The second kappa shape index (κ2) is 4.37. The molecule has 18 heavy (non-hydrogen) atoms. The molecule has 5 nitrogen and oxygen atoms in total. The molecule has 0 bridgehead atoms. The van der Waals surface area contributed by atoms with E-state index >= 15 is 0 Å². The molecule has 2 aromatic heterocycles. The Morgan fingerprint density at radius 2 is 2.11 bits per heavy atom. The van der Waals surface area contributed by atoms with Crippen LogP contribution in [0.4, 0.5) is 0 Å². The minimum absolute atomic E-state index is 0.210.